The van der Waals surface area contributed by atoms with Crippen LogP contribution >= 0.6 is 23.4 Å². The first-order chi connectivity index (χ1) is 7.04. The maximum Gasteiger partial charge on any atom is 0.306 e. The first kappa shape index (κ1) is 11.1. The number of alkyl halides is 2. The second kappa shape index (κ2) is 3.87. The van der Waals surface area contributed by atoms with E-state index in [-0.39, 0.29) is 11.6 Å². The van der Waals surface area contributed by atoms with Crippen LogP contribution in [0.2, 0.25) is 5.15 Å². The third-order valence-electron chi connectivity index (χ3n) is 2.25. The average molecular weight is 251 g/mol. The van der Waals surface area contributed by atoms with Crippen molar-refractivity contribution in [1.82, 2.24) is 9.97 Å². The van der Waals surface area contributed by atoms with E-state index >= 15 is 0 Å². The molecule has 0 radical (unpaired) electrons. The van der Waals surface area contributed by atoms with Crippen molar-refractivity contribution in [3.63, 3.8) is 0 Å². The van der Waals surface area contributed by atoms with Gasteiger partial charge >= 0.3 is 5.92 Å². The summed E-state index contributed by atoms with van der Waals surface area (Å²) in [5.74, 6) is -2.59. The molecule has 0 fully saturated rings. The highest BCUT2D eigenvalue weighted by Crippen LogP contribution is 2.38. The Morgan fingerprint density at radius 2 is 2.20 bits per heavy atom. The molecule has 1 aromatic heterocycles. The number of aryl methyl sites for hydroxylation is 1. The van der Waals surface area contributed by atoms with E-state index in [2.05, 4.69) is 9.97 Å². The summed E-state index contributed by atoms with van der Waals surface area (Å²) >= 11 is 7.35. The van der Waals surface area contributed by atoms with Crippen molar-refractivity contribution in [3.8, 4) is 0 Å². The number of hydrogen-bond acceptors (Lipinski definition) is 3. The van der Waals surface area contributed by atoms with Gasteiger partial charge in [0.15, 0.2) is 0 Å². The minimum Gasteiger partial charge on any atom is -0.231 e. The van der Waals surface area contributed by atoms with E-state index in [1.807, 2.05) is 0 Å². The number of aromatic nitrogens is 2. The lowest BCUT2D eigenvalue weighted by Crippen LogP contribution is -2.17. The van der Waals surface area contributed by atoms with Gasteiger partial charge in [-0.1, -0.05) is 18.5 Å². The Labute approximate surface area is 95.4 Å². The van der Waals surface area contributed by atoms with Crippen LogP contribution in [0, 0.1) is 0 Å². The van der Waals surface area contributed by atoms with Gasteiger partial charge in [0.2, 0.25) is 5.82 Å². The molecule has 82 valence electrons. The number of nitrogens with zero attached hydrogens (tertiary/aromatic N) is 2. The van der Waals surface area contributed by atoms with Crippen molar-refractivity contribution < 1.29 is 8.78 Å². The monoisotopic (exact) mass is 250 g/mol. The van der Waals surface area contributed by atoms with Gasteiger partial charge in [0.1, 0.15) is 5.15 Å². The van der Waals surface area contributed by atoms with Crippen LogP contribution in [-0.2, 0) is 12.3 Å². The van der Waals surface area contributed by atoms with E-state index in [1.165, 1.54) is 18.7 Å². The summed E-state index contributed by atoms with van der Waals surface area (Å²) in [6.07, 6.45) is 0.379. The highest BCUT2D eigenvalue weighted by Gasteiger charge is 2.34. The van der Waals surface area contributed by atoms with Crippen molar-refractivity contribution in [3.05, 3.63) is 16.7 Å². The lowest BCUT2D eigenvalue weighted by atomic mass is 10.2. The Kier molecular flexibility index (Phi) is 2.85. The fourth-order valence-electron chi connectivity index (χ4n) is 1.35. The molecule has 1 aliphatic rings. The number of fused-ring (bicyclic) bond motifs is 1. The van der Waals surface area contributed by atoms with E-state index in [0.717, 1.165) is 10.6 Å². The van der Waals surface area contributed by atoms with E-state index in [1.54, 1.807) is 0 Å². The zero-order chi connectivity index (χ0) is 11.1. The van der Waals surface area contributed by atoms with Gasteiger partial charge in [-0.05, 0) is 0 Å². The van der Waals surface area contributed by atoms with Crippen LogP contribution in [0.4, 0.5) is 8.78 Å². The van der Waals surface area contributed by atoms with Crippen LogP contribution in [0.5, 0.6) is 0 Å². The van der Waals surface area contributed by atoms with Gasteiger partial charge in [-0.3, -0.25) is 0 Å². The van der Waals surface area contributed by atoms with Crippen LogP contribution in [0.15, 0.2) is 4.90 Å². The van der Waals surface area contributed by atoms with Gasteiger partial charge in [-0.25, -0.2) is 9.97 Å². The van der Waals surface area contributed by atoms with Crippen molar-refractivity contribution in [2.75, 3.05) is 5.75 Å². The number of hydrogen-bond donors (Lipinski definition) is 0. The minimum absolute atomic E-state index is 0.158. The normalized spacial score (nSPS) is 15.5. The molecule has 0 saturated carbocycles. The molecule has 0 aliphatic carbocycles. The number of halogens is 3. The zero-order valence-corrected chi connectivity index (χ0v) is 9.63. The van der Waals surface area contributed by atoms with Gasteiger partial charge in [0.05, 0.1) is 10.6 Å². The van der Waals surface area contributed by atoms with Crippen LogP contribution in [0.1, 0.15) is 24.9 Å². The first-order valence-electron chi connectivity index (χ1n) is 4.62. The van der Waals surface area contributed by atoms with Gasteiger partial charge < -0.3 is 0 Å². The molecule has 2 rings (SSSR count). The summed E-state index contributed by atoms with van der Waals surface area (Å²) in [5.41, 5.74) is 0.656. The van der Waals surface area contributed by atoms with Crippen molar-refractivity contribution in [2.24, 2.45) is 0 Å². The molecule has 0 amide bonds. The fourth-order valence-corrected chi connectivity index (χ4v) is 2.68. The Bertz CT molecular complexity index is 398. The average Bonchev–Trinajstić information content (AvgIpc) is 2.66. The maximum atomic E-state index is 13.3. The molecule has 0 atom stereocenters. The molecule has 0 N–H and O–H groups in total. The third kappa shape index (κ3) is 1.95. The van der Waals surface area contributed by atoms with Gasteiger partial charge in [-0.15, -0.1) is 11.8 Å². The summed E-state index contributed by atoms with van der Waals surface area (Å²) < 4.78 is 26.7. The first-order valence-corrected chi connectivity index (χ1v) is 5.98. The van der Waals surface area contributed by atoms with Crippen LogP contribution in [-0.4, -0.2) is 15.7 Å². The molecule has 0 aromatic carbocycles. The molecule has 1 aliphatic heterocycles. The summed E-state index contributed by atoms with van der Waals surface area (Å²) in [6, 6.07) is 0. The molecule has 2 heterocycles. The van der Waals surface area contributed by atoms with E-state index in [9.17, 15) is 8.78 Å². The molecular weight excluding hydrogens is 242 g/mol. The third-order valence-corrected chi connectivity index (χ3v) is 3.76. The SMILES string of the molecule is CCC(F)(F)c1nc(Cl)c2c(n1)CCS2. The molecule has 1 aromatic rings. The fraction of sp³-hybridized carbons (Fsp3) is 0.556. The minimum atomic E-state index is -2.98. The Hall–Kier alpha value is -0.420. The Morgan fingerprint density at radius 3 is 2.87 bits per heavy atom. The summed E-state index contributed by atoms with van der Waals surface area (Å²) in [5, 5.41) is 0.158. The molecule has 2 nitrogen and oxygen atoms in total. The zero-order valence-electron chi connectivity index (χ0n) is 8.06. The summed E-state index contributed by atoms with van der Waals surface area (Å²) in [6.45, 7) is 1.40. The highest BCUT2D eigenvalue weighted by molar-refractivity contribution is 7.99. The second-order valence-electron chi connectivity index (χ2n) is 3.27. The molecule has 15 heavy (non-hydrogen) atoms. The summed E-state index contributed by atoms with van der Waals surface area (Å²) in [4.78, 5) is 8.32. The van der Waals surface area contributed by atoms with E-state index in [0.29, 0.717) is 12.1 Å². The molecule has 0 bridgehead atoms. The van der Waals surface area contributed by atoms with Gasteiger partial charge in [0, 0.05) is 18.6 Å². The molecule has 0 saturated heterocycles. The van der Waals surface area contributed by atoms with Crippen LogP contribution in [0.25, 0.3) is 0 Å². The molecule has 0 spiro atoms. The molecule has 0 unspecified atom stereocenters. The Balaban J connectivity index is 2.48. The topological polar surface area (TPSA) is 25.8 Å². The van der Waals surface area contributed by atoms with Crippen LogP contribution in [0.3, 0.4) is 0 Å². The number of rotatable bonds is 2. The highest BCUT2D eigenvalue weighted by atomic mass is 35.5. The van der Waals surface area contributed by atoms with Crippen LogP contribution < -0.4 is 0 Å². The smallest absolute Gasteiger partial charge is 0.231 e. The lowest BCUT2D eigenvalue weighted by molar-refractivity contribution is -0.0179. The lowest BCUT2D eigenvalue weighted by Gasteiger charge is -2.13. The maximum absolute atomic E-state index is 13.3. The predicted molar refractivity (Wildman–Crippen MR) is 55.7 cm³/mol. The quantitative estimate of drug-likeness (QED) is 0.754. The Morgan fingerprint density at radius 1 is 1.47 bits per heavy atom. The van der Waals surface area contributed by atoms with E-state index in [4.69, 9.17) is 11.6 Å². The predicted octanol–water partition coefficient (Wildman–Crippen LogP) is 3.28. The largest absolute Gasteiger partial charge is 0.306 e. The van der Waals surface area contributed by atoms with E-state index < -0.39 is 11.7 Å². The van der Waals surface area contributed by atoms with Gasteiger partial charge in [0.25, 0.3) is 0 Å². The molecule has 6 heteroatoms. The molecular formula is C9H9ClF2N2S. The van der Waals surface area contributed by atoms with Crippen molar-refractivity contribution in [1.29, 1.82) is 0 Å². The number of thioether (sulfide) groups is 1. The second-order valence-corrected chi connectivity index (χ2v) is 4.73. The van der Waals surface area contributed by atoms with Crippen molar-refractivity contribution >= 4 is 23.4 Å². The van der Waals surface area contributed by atoms with Crippen molar-refractivity contribution in [2.45, 2.75) is 30.6 Å². The van der Waals surface area contributed by atoms with Gasteiger partial charge in [-0.2, -0.15) is 8.78 Å². The standard InChI is InChI=1S/C9H9ClF2N2S/c1-2-9(11,12)8-13-5-3-4-15-6(5)7(10)14-8/h2-4H2,1H3. The summed E-state index contributed by atoms with van der Waals surface area (Å²) in [7, 11) is 0.